The molecule has 160 valence electrons. The van der Waals surface area contributed by atoms with Crippen LogP contribution >= 0.6 is 0 Å². The lowest BCUT2D eigenvalue weighted by Crippen LogP contribution is -2.47. The molecule has 1 atom stereocenters. The number of pyridine rings is 1. The molecule has 0 aliphatic carbocycles. The van der Waals surface area contributed by atoms with Crippen LogP contribution in [0.15, 0.2) is 47.0 Å². The number of anilines is 1. The SMILES string of the molecule is Cc1oc2ccccc2c1CN(C)C(=O)/C=C/c1cnc2c(c1)CC[C@@](C)(N)C(=O)N2. The molecule has 2 aromatic heterocycles. The highest BCUT2D eigenvalue weighted by atomic mass is 16.3. The zero-order chi connectivity index (χ0) is 22.2. The van der Waals surface area contributed by atoms with Crippen LogP contribution in [0.1, 0.15) is 35.8 Å². The molecule has 4 rings (SSSR count). The van der Waals surface area contributed by atoms with Crippen molar-refractivity contribution in [2.45, 2.75) is 38.8 Å². The summed E-state index contributed by atoms with van der Waals surface area (Å²) in [7, 11) is 1.76. The second kappa shape index (κ2) is 8.00. The molecule has 1 aliphatic heterocycles. The molecule has 0 saturated carbocycles. The zero-order valence-electron chi connectivity index (χ0n) is 17.9. The molecule has 7 nitrogen and oxygen atoms in total. The number of nitrogens with zero attached hydrogens (tertiary/aromatic N) is 2. The third kappa shape index (κ3) is 4.22. The van der Waals surface area contributed by atoms with Crippen molar-refractivity contribution in [3.63, 3.8) is 0 Å². The van der Waals surface area contributed by atoms with Crippen LogP contribution in [0.3, 0.4) is 0 Å². The molecule has 0 saturated heterocycles. The first-order valence-electron chi connectivity index (χ1n) is 10.2. The van der Waals surface area contributed by atoms with Crippen molar-refractivity contribution < 1.29 is 14.0 Å². The van der Waals surface area contributed by atoms with Crippen LogP contribution in [0.25, 0.3) is 17.0 Å². The van der Waals surface area contributed by atoms with Gasteiger partial charge in [-0.25, -0.2) is 4.98 Å². The van der Waals surface area contributed by atoms with Gasteiger partial charge in [-0.3, -0.25) is 9.59 Å². The van der Waals surface area contributed by atoms with E-state index in [-0.39, 0.29) is 11.8 Å². The van der Waals surface area contributed by atoms with Gasteiger partial charge in [-0.2, -0.15) is 0 Å². The Labute approximate surface area is 180 Å². The number of furan rings is 1. The van der Waals surface area contributed by atoms with Gasteiger partial charge in [0, 0.05) is 36.8 Å². The van der Waals surface area contributed by atoms with Crippen molar-refractivity contribution in [3.8, 4) is 0 Å². The van der Waals surface area contributed by atoms with Crippen LogP contribution in [0.4, 0.5) is 5.82 Å². The number of hydrogen-bond acceptors (Lipinski definition) is 5. The number of fused-ring (bicyclic) bond motifs is 2. The van der Waals surface area contributed by atoms with Gasteiger partial charge in [0.25, 0.3) is 0 Å². The van der Waals surface area contributed by atoms with E-state index in [1.165, 1.54) is 6.08 Å². The average molecular weight is 418 g/mol. The number of hydrogen-bond donors (Lipinski definition) is 2. The van der Waals surface area contributed by atoms with Crippen LogP contribution in [0.5, 0.6) is 0 Å². The quantitative estimate of drug-likeness (QED) is 0.632. The smallest absolute Gasteiger partial charge is 0.246 e. The van der Waals surface area contributed by atoms with E-state index in [0.717, 1.165) is 33.4 Å². The van der Waals surface area contributed by atoms with Gasteiger partial charge in [0.1, 0.15) is 17.2 Å². The van der Waals surface area contributed by atoms with E-state index in [2.05, 4.69) is 10.3 Å². The van der Waals surface area contributed by atoms with E-state index in [4.69, 9.17) is 10.2 Å². The molecule has 7 heteroatoms. The number of likely N-dealkylation sites (N-methyl/N-ethyl adjacent to an activating group) is 1. The summed E-state index contributed by atoms with van der Waals surface area (Å²) < 4.78 is 5.79. The normalized spacial score (nSPS) is 18.6. The van der Waals surface area contributed by atoms with Crippen LogP contribution < -0.4 is 11.1 Å². The van der Waals surface area contributed by atoms with Gasteiger partial charge >= 0.3 is 0 Å². The van der Waals surface area contributed by atoms with E-state index >= 15 is 0 Å². The zero-order valence-corrected chi connectivity index (χ0v) is 17.9. The summed E-state index contributed by atoms with van der Waals surface area (Å²) in [6, 6.07) is 9.75. The number of benzene rings is 1. The maximum absolute atomic E-state index is 12.7. The van der Waals surface area contributed by atoms with Gasteiger partial charge in [0.05, 0.1) is 5.54 Å². The summed E-state index contributed by atoms with van der Waals surface area (Å²) >= 11 is 0. The molecule has 3 N–H and O–H groups in total. The van der Waals surface area contributed by atoms with Gasteiger partial charge in [-0.05, 0) is 56.0 Å². The van der Waals surface area contributed by atoms with E-state index < -0.39 is 5.54 Å². The predicted molar refractivity (Wildman–Crippen MR) is 120 cm³/mol. The summed E-state index contributed by atoms with van der Waals surface area (Å²) in [6.07, 6.45) is 6.07. The summed E-state index contributed by atoms with van der Waals surface area (Å²) in [6.45, 7) is 4.08. The molecule has 1 aliphatic rings. The highest BCUT2D eigenvalue weighted by molar-refractivity contribution is 5.98. The molecule has 0 radical (unpaired) electrons. The second-order valence-corrected chi connectivity index (χ2v) is 8.31. The van der Waals surface area contributed by atoms with Gasteiger partial charge < -0.3 is 20.4 Å². The predicted octanol–water partition coefficient (Wildman–Crippen LogP) is 3.41. The first-order chi connectivity index (χ1) is 14.7. The number of para-hydroxylation sites is 1. The number of amides is 2. The lowest BCUT2D eigenvalue weighted by atomic mass is 9.95. The van der Waals surface area contributed by atoms with Crippen LogP contribution in [-0.2, 0) is 22.6 Å². The molecular weight excluding hydrogens is 392 g/mol. The number of nitrogens with one attached hydrogen (secondary N) is 1. The fourth-order valence-electron chi connectivity index (χ4n) is 3.71. The maximum Gasteiger partial charge on any atom is 0.246 e. The lowest BCUT2D eigenvalue weighted by molar-refractivity contribution is -0.125. The topological polar surface area (TPSA) is 101 Å². The van der Waals surface area contributed by atoms with Gasteiger partial charge in [-0.15, -0.1) is 0 Å². The monoisotopic (exact) mass is 418 g/mol. The average Bonchev–Trinajstić information content (AvgIpc) is 3.00. The van der Waals surface area contributed by atoms with Crippen LogP contribution in [-0.4, -0.2) is 34.3 Å². The number of aryl methyl sites for hydroxylation is 2. The highest BCUT2D eigenvalue weighted by Crippen LogP contribution is 2.27. The van der Waals surface area contributed by atoms with E-state index in [0.29, 0.717) is 25.2 Å². The molecule has 1 aromatic carbocycles. The van der Waals surface area contributed by atoms with E-state index in [1.54, 1.807) is 31.1 Å². The molecule has 0 bridgehead atoms. The van der Waals surface area contributed by atoms with Crippen molar-refractivity contribution >= 4 is 34.7 Å². The Bertz CT molecular complexity index is 1190. The molecule has 3 heterocycles. The third-order valence-corrected chi connectivity index (χ3v) is 5.74. The van der Waals surface area contributed by atoms with Gasteiger partial charge in [-0.1, -0.05) is 18.2 Å². The molecular formula is C24H26N4O3. The van der Waals surface area contributed by atoms with Gasteiger partial charge in [0.2, 0.25) is 11.8 Å². The minimum atomic E-state index is -0.926. The molecule has 0 spiro atoms. The summed E-state index contributed by atoms with van der Waals surface area (Å²) in [5.41, 5.74) is 8.66. The van der Waals surface area contributed by atoms with E-state index in [1.807, 2.05) is 37.3 Å². The highest BCUT2D eigenvalue weighted by Gasteiger charge is 2.32. The number of carbonyl (C=O) groups is 2. The lowest BCUT2D eigenvalue weighted by Gasteiger charge is -2.19. The molecule has 0 fully saturated rings. The fourth-order valence-corrected chi connectivity index (χ4v) is 3.71. The van der Waals surface area contributed by atoms with Crippen molar-refractivity contribution in [3.05, 3.63) is 65.1 Å². The van der Waals surface area contributed by atoms with Crippen molar-refractivity contribution in [1.82, 2.24) is 9.88 Å². The van der Waals surface area contributed by atoms with Crippen LogP contribution in [0, 0.1) is 6.92 Å². The number of rotatable bonds is 4. The largest absolute Gasteiger partial charge is 0.461 e. The van der Waals surface area contributed by atoms with Crippen LogP contribution in [0.2, 0.25) is 0 Å². The Morgan fingerprint density at radius 2 is 2.16 bits per heavy atom. The second-order valence-electron chi connectivity index (χ2n) is 8.31. The van der Waals surface area contributed by atoms with Crippen molar-refractivity contribution in [2.75, 3.05) is 12.4 Å². The number of aromatic nitrogens is 1. The Hall–Kier alpha value is -3.45. The summed E-state index contributed by atoms with van der Waals surface area (Å²) in [4.78, 5) is 30.8. The molecule has 31 heavy (non-hydrogen) atoms. The number of carbonyl (C=O) groups excluding carboxylic acids is 2. The first-order valence-corrected chi connectivity index (χ1v) is 10.2. The van der Waals surface area contributed by atoms with Crippen molar-refractivity contribution in [2.24, 2.45) is 5.73 Å². The third-order valence-electron chi connectivity index (χ3n) is 5.74. The fraction of sp³-hybridized carbons (Fsp3) is 0.292. The van der Waals surface area contributed by atoms with E-state index in [9.17, 15) is 9.59 Å². The summed E-state index contributed by atoms with van der Waals surface area (Å²) in [5, 5.41) is 3.81. The molecule has 0 unspecified atom stereocenters. The standard InChI is InChI=1S/C24H26N4O3/c1-15-19(18-6-4-5-7-20(18)31-15)14-28(3)21(29)9-8-16-12-17-10-11-24(2,25)23(30)27-22(17)26-13-16/h4-9,12-13H,10-11,14,25H2,1-3H3,(H,26,27,30)/b9-8+/t24-/m1/s1. The minimum Gasteiger partial charge on any atom is -0.461 e. The Balaban J connectivity index is 1.47. The number of nitrogens with two attached hydrogens (primary N) is 1. The summed E-state index contributed by atoms with van der Waals surface area (Å²) in [5.74, 6) is 0.985. The maximum atomic E-state index is 12.7. The van der Waals surface area contributed by atoms with Gasteiger partial charge in [0.15, 0.2) is 0 Å². The Morgan fingerprint density at radius 1 is 1.39 bits per heavy atom. The van der Waals surface area contributed by atoms with Crippen molar-refractivity contribution in [1.29, 1.82) is 0 Å². The Morgan fingerprint density at radius 3 is 2.97 bits per heavy atom. The molecule has 2 amide bonds. The minimum absolute atomic E-state index is 0.123. The first kappa shape index (κ1) is 20.8. The Kier molecular flexibility index (Phi) is 5.37. The molecule has 3 aromatic rings.